The van der Waals surface area contributed by atoms with E-state index in [1.807, 2.05) is 25.1 Å². The first kappa shape index (κ1) is 18.6. The third-order valence-electron chi connectivity index (χ3n) is 3.88. The Balaban J connectivity index is 1.57. The standard InChI is InChI=1S/C20H16ClFN4O/c1-13-19(21)20(26-12-25-13)24-9-8-14-2-5-16(6-3-14)27-18-7-4-15(11-23)10-17(18)22/h2-7,10,12H,8-9H2,1H3,(H,24,25,26). The third kappa shape index (κ3) is 4.72. The van der Waals surface area contributed by atoms with E-state index in [1.54, 1.807) is 12.1 Å². The Labute approximate surface area is 161 Å². The molecule has 0 amide bonds. The monoisotopic (exact) mass is 382 g/mol. The van der Waals surface area contributed by atoms with E-state index in [4.69, 9.17) is 21.6 Å². The van der Waals surface area contributed by atoms with Crippen LogP contribution in [0.3, 0.4) is 0 Å². The van der Waals surface area contributed by atoms with Crippen LogP contribution in [-0.2, 0) is 6.42 Å². The van der Waals surface area contributed by atoms with Gasteiger partial charge in [0.2, 0.25) is 0 Å². The minimum absolute atomic E-state index is 0.0807. The van der Waals surface area contributed by atoms with E-state index < -0.39 is 5.82 Å². The maximum absolute atomic E-state index is 13.9. The van der Waals surface area contributed by atoms with Crippen LogP contribution >= 0.6 is 11.6 Å². The molecular formula is C20H16ClFN4O. The highest BCUT2D eigenvalue weighted by atomic mass is 35.5. The predicted octanol–water partition coefficient (Wildman–Crippen LogP) is 4.90. The van der Waals surface area contributed by atoms with Crippen molar-refractivity contribution in [1.82, 2.24) is 9.97 Å². The summed E-state index contributed by atoms with van der Waals surface area (Å²) in [5, 5.41) is 12.5. The van der Waals surface area contributed by atoms with Crippen LogP contribution in [0.5, 0.6) is 11.5 Å². The zero-order valence-corrected chi connectivity index (χ0v) is 15.3. The molecule has 0 aliphatic heterocycles. The second-order valence-corrected chi connectivity index (χ2v) is 6.18. The summed E-state index contributed by atoms with van der Waals surface area (Å²) in [5.74, 6) is 0.640. The average Bonchev–Trinajstić information content (AvgIpc) is 2.68. The summed E-state index contributed by atoms with van der Waals surface area (Å²) in [5.41, 5.74) is 2.06. The lowest BCUT2D eigenvalue weighted by molar-refractivity contribution is 0.442. The van der Waals surface area contributed by atoms with Crippen molar-refractivity contribution in [1.29, 1.82) is 5.26 Å². The summed E-state index contributed by atoms with van der Waals surface area (Å²) in [7, 11) is 0. The summed E-state index contributed by atoms with van der Waals surface area (Å²) in [6, 6.07) is 13.4. The Bertz CT molecular complexity index is 986. The van der Waals surface area contributed by atoms with E-state index in [9.17, 15) is 4.39 Å². The molecule has 1 aromatic heterocycles. The number of nitrogens with zero attached hydrogens (tertiary/aromatic N) is 3. The van der Waals surface area contributed by atoms with Gasteiger partial charge in [0.25, 0.3) is 0 Å². The van der Waals surface area contributed by atoms with Crippen molar-refractivity contribution in [2.24, 2.45) is 0 Å². The second kappa shape index (κ2) is 8.47. The minimum Gasteiger partial charge on any atom is -0.454 e. The fourth-order valence-corrected chi connectivity index (χ4v) is 2.58. The Morgan fingerprint density at radius 1 is 1.19 bits per heavy atom. The molecule has 0 aliphatic rings. The van der Waals surface area contributed by atoms with Gasteiger partial charge in [-0.15, -0.1) is 0 Å². The highest BCUT2D eigenvalue weighted by Gasteiger charge is 2.07. The summed E-state index contributed by atoms with van der Waals surface area (Å²) < 4.78 is 19.4. The molecule has 0 fully saturated rings. The summed E-state index contributed by atoms with van der Waals surface area (Å²) in [4.78, 5) is 8.15. The molecular weight excluding hydrogens is 367 g/mol. The number of nitrogens with one attached hydrogen (secondary N) is 1. The Hall–Kier alpha value is -3.17. The molecule has 0 bridgehead atoms. The van der Waals surface area contributed by atoms with Crippen molar-refractivity contribution in [2.75, 3.05) is 11.9 Å². The highest BCUT2D eigenvalue weighted by Crippen LogP contribution is 2.25. The number of ether oxygens (including phenoxy) is 1. The van der Waals surface area contributed by atoms with Crippen LogP contribution in [0, 0.1) is 24.1 Å². The number of rotatable bonds is 6. The van der Waals surface area contributed by atoms with E-state index in [0.29, 0.717) is 23.1 Å². The lowest BCUT2D eigenvalue weighted by Crippen LogP contribution is -2.07. The summed E-state index contributed by atoms with van der Waals surface area (Å²) >= 11 is 6.15. The number of aromatic nitrogens is 2. The summed E-state index contributed by atoms with van der Waals surface area (Å²) in [6.45, 7) is 2.48. The Morgan fingerprint density at radius 3 is 2.67 bits per heavy atom. The van der Waals surface area contributed by atoms with Gasteiger partial charge in [0.1, 0.15) is 22.9 Å². The van der Waals surface area contributed by atoms with Gasteiger partial charge in [-0.25, -0.2) is 14.4 Å². The molecule has 0 radical (unpaired) electrons. The lowest BCUT2D eigenvalue weighted by Gasteiger charge is -2.10. The van der Waals surface area contributed by atoms with Crippen molar-refractivity contribution in [3.63, 3.8) is 0 Å². The highest BCUT2D eigenvalue weighted by molar-refractivity contribution is 6.33. The molecule has 136 valence electrons. The number of hydrogen-bond donors (Lipinski definition) is 1. The number of nitriles is 1. The molecule has 1 N–H and O–H groups in total. The van der Waals surface area contributed by atoms with E-state index >= 15 is 0 Å². The first-order valence-electron chi connectivity index (χ1n) is 8.24. The van der Waals surface area contributed by atoms with E-state index in [1.165, 1.54) is 18.5 Å². The van der Waals surface area contributed by atoms with Gasteiger partial charge in [0.15, 0.2) is 11.6 Å². The van der Waals surface area contributed by atoms with Crippen molar-refractivity contribution < 1.29 is 9.13 Å². The van der Waals surface area contributed by atoms with Crippen molar-refractivity contribution in [3.05, 3.63) is 76.5 Å². The minimum atomic E-state index is -0.570. The largest absolute Gasteiger partial charge is 0.454 e. The normalized spacial score (nSPS) is 10.3. The maximum atomic E-state index is 13.9. The topological polar surface area (TPSA) is 70.8 Å². The van der Waals surface area contributed by atoms with Gasteiger partial charge in [-0.05, 0) is 49.2 Å². The van der Waals surface area contributed by atoms with Crippen LogP contribution in [0.15, 0.2) is 48.8 Å². The van der Waals surface area contributed by atoms with Crippen LogP contribution < -0.4 is 10.1 Å². The van der Waals surface area contributed by atoms with Gasteiger partial charge < -0.3 is 10.1 Å². The zero-order chi connectivity index (χ0) is 19.2. The molecule has 0 unspecified atom stereocenters. The Kier molecular flexibility index (Phi) is 5.84. The molecule has 0 spiro atoms. The predicted molar refractivity (Wildman–Crippen MR) is 102 cm³/mol. The number of halogens is 2. The van der Waals surface area contributed by atoms with Gasteiger partial charge in [-0.2, -0.15) is 5.26 Å². The second-order valence-electron chi connectivity index (χ2n) is 5.80. The van der Waals surface area contributed by atoms with Crippen LogP contribution in [0.25, 0.3) is 0 Å². The molecule has 1 heterocycles. The van der Waals surface area contributed by atoms with Crippen molar-refractivity contribution >= 4 is 17.4 Å². The number of aryl methyl sites for hydroxylation is 1. The first-order chi connectivity index (χ1) is 13.1. The summed E-state index contributed by atoms with van der Waals surface area (Å²) in [6.07, 6.45) is 2.23. The van der Waals surface area contributed by atoms with Crippen molar-refractivity contribution in [2.45, 2.75) is 13.3 Å². The number of hydrogen-bond acceptors (Lipinski definition) is 5. The maximum Gasteiger partial charge on any atom is 0.167 e. The van der Waals surface area contributed by atoms with E-state index in [2.05, 4.69) is 15.3 Å². The fraction of sp³-hybridized carbons (Fsp3) is 0.150. The van der Waals surface area contributed by atoms with Crippen LogP contribution in [0.4, 0.5) is 10.2 Å². The Morgan fingerprint density at radius 2 is 1.96 bits per heavy atom. The third-order valence-corrected chi connectivity index (χ3v) is 4.33. The molecule has 27 heavy (non-hydrogen) atoms. The SMILES string of the molecule is Cc1ncnc(NCCc2ccc(Oc3ccc(C#N)cc3F)cc2)c1Cl. The first-order valence-corrected chi connectivity index (χ1v) is 8.62. The van der Waals surface area contributed by atoms with Crippen LogP contribution in [0.2, 0.25) is 5.02 Å². The van der Waals surface area contributed by atoms with Gasteiger partial charge >= 0.3 is 0 Å². The number of benzene rings is 2. The van der Waals surface area contributed by atoms with Gasteiger partial charge in [0, 0.05) is 6.54 Å². The molecule has 0 saturated carbocycles. The van der Waals surface area contributed by atoms with Crippen LogP contribution in [-0.4, -0.2) is 16.5 Å². The van der Waals surface area contributed by atoms with Crippen LogP contribution in [0.1, 0.15) is 16.8 Å². The average molecular weight is 383 g/mol. The van der Waals surface area contributed by atoms with Crippen molar-refractivity contribution in [3.8, 4) is 17.6 Å². The molecule has 0 atom stereocenters. The zero-order valence-electron chi connectivity index (χ0n) is 14.5. The van der Waals surface area contributed by atoms with Gasteiger partial charge in [0.05, 0.1) is 17.3 Å². The molecule has 7 heteroatoms. The fourth-order valence-electron chi connectivity index (χ4n) is 2.41. The molecule has 0 saturated heterocycles. The van der Waals surface area contributed by atoms with E-state index in [0.717, 1.165) is 23.7 Å². The van der Waals surface area contributed by atoms with E-state index in [-0.39, 0.29) is 11.3 Å². The molecule has 3 aromatic rings. The lowest BCUT2D eigenvalue weighted by atomic mass is 10.1. The quantitative estimate of drug-likeness (QED) is 0.656. The molecule has 3 rings (SSSR count). The smallest absolute Gasteiger partial charge is 0.167 e. The molecule has 0 aliphatic carbocycles. The molecule has 2 aromatic carbocycles. The number of anilines is 1. The van der Waals surface area contributed by atoms with Gasteiger partial charge in [-0.3, -0.25) is 0 Å². The molecule has 5 nitrogen and oxygen atoms in total. The van der Waals surface area contributed by atoms with Gasteiger partial charge in [-0.1, -0.05) is 23.7 Å².